The van der Waals surface area contributed by atoms with Crippen LogP contribution in [0.3, 0.4) is 0 Å². The van der Waals surface area contributed by atoms with Crippen LogP contribution in [0.2, 0.25) is 0 Å². The second-order valence-electron chi connectivity index (χ2n) is 8.96. The van der Waals surface area contributed by atoms with Crippen LogP contribution in [0.1, 0.15) is 31.2 Å². The fourth-order valence-electron chi connectivity index (χ4n) is 4.83. The van der Waals surface area contributed by atoms with Crippen molar-refractivity contribution in [2.24, 2.45) is 0 Å². The topological polar surface area (TPSA) is 91.4 Å². The zero-order valence-electron chi connectivity index (χ0n) is 19.1. The van der Waals surface area contributed by atoms with E-state index in [0.717, 1.165) is 64.2 Å². The highest BCUT2D eigenvalue weighted by atomic mass is 16.5. The molecule has 0 aromatic heterocycles. The molecule has 9 heteroatoms. The molecule has 3 fully saturated rings. The van der Waals surface area contributed by atoms with Crippen molar-refractivity contribution in [1.29, 1.82) is 0 Å². The van der Waals surface area contributed by atoms with E-state index in [1.165, 1.54) is 0 Å². The van der Waals surface area contributed by atoms with E-state index in [9.17, 15) is 14.4 Å². The third-order valence-corrected chi connectivity index (χ3v) is 6.63. The van der Waals surface area contributed by atoms with E-state index in [1.54, 1.807) is 4.90 Å². The van der Waals surface area contributed by atoms with Crippen LogP contribution in [0.25, 0.3) is 0 Å². The molecule has 3 amide bonds. The highest BCUT2D eigenvalue weighted by Gasteiger charge is 2.35. The molecule has 0 spiro atoms. The van der Waals surface area contributed by atoms with Gasteiger partial charge < -0.3 is 24.6 Å². The van der Waals surface area contributed by atoms with Gasteiger partial charge in [0.2, 0.25) is 11.8 Å². The van der Waals surface area contributed by atoms with Gasteiger partial charge in [0.05, 0.1) is 19.8 Å². The number of hydrogen-bond donors (Lipinski definition) is 1. The minimum Gasteiger partial charge on any atom is -0.445 e. The summed E-state index contributed by atoms with van der Waals surface area (Å²) in [4.78, 5) is 44.1. The Kier molecular flexibility index (Phi) is 8.17. The third-order valence-electron chi connectivity index (χ3n) is 6.63. The molecule has 1 aromatic rings. The van der Waals surface area contributed by atoms with E-state index in [0.29, 0.717) is 13.0 Å². The first kappa shape index (κ1) is 23.5. The van der Waals surface area contributed by atoms with Gasteiger partial charge in [0.25, 0.3) is 0 Å². The summed E-state index contributed by atoms with van der Waals surface area (Å²) in [5, 5.41) is 2.68. The number of carbonyl (C=O) groups excluding carboxylic acids is 3. The van der Waals surface area contributed by atoms with Gasteiger partial charge in [-0.3, -0.25) is 14.5 Å². The Morgan fingerprint density at radius 2 is 1.79 bits per heavy atom. The molecule has 1 aromatic carbocycles. The Labute approximate surface area is 195 Å². The molecule has 1 N–H and O–H groups in total. The maximum absolute atomic E-state index is 13.1. The van der Waals surface area contributed by atoms with Gasteiger partial charge in [-0.25, -0.2) is 4.79 Å². The van der Waals surface area contributed by atoms with Crippen molar-refractivity contribution in [2.75, 3.05) is 52.5 Å². The number of morpholine rings is 1. The Hall–Kier alpha value is -2.65. The van der Waals surface area contributed by atoms with Crippen molar-refractivity contribution in [3.05, 3.63) is 35.9 Å². The number of benzene rings is 1. The van der Waals surface area contributed by atoms with E-state index in [1.807, 2.05) is 35.2 Å². The lowest BCUT2D eigenvalue weighted by Crippen LogP contribution is -2.55. The van der Waals surface area contributed by atoms with E-state index in [4.69, 9.17) is 9.47 Å². The number of likely N-dealkylation sites (tertiary alicyclic amines) is 2. The lowest BCUT2D eigenvalue weighted by atomic mass is 10.0. The zero-order chi connectivity index (χ0) is 23.0. The first-order valence-corrected chi connectivity index (χ1v) is 12.0. The predicted octanol–water partition coefficient (Wildman–Crippen LogP) is 1.23. The van der Waals surface area contributed by atoms with E-state index in [-0.39, 0.29) is 31.0 Å². The number of amides is 3. The lowest BCUT2D eigenvalue weighted by Gasteiger charge is -2.35. The monoisotopic (exact) mass is 458 g/mol. The van der Waals surface area contributed by atoms with Crippen LogP contribution >= 0.6 is 0 Å². The molecule has 2 atom stereocenters. The van der Waals surface area contributed by atoms with Crippen molar-refractivity contribution in [2.45, 2.75) is 44.4 Å². The Bertz CT molecular complexity index is 814. The summed E-state index contributed by atoms with van der Waals surface area (Å²) in [5.74, 6) is -0.221. The average Bonchev–Trinajstić information content (AvgIpc) is 3.30. The molecule has 180 valence electrons. The normalized spacial score (nSPS) is 24.1. The third kappa shape index (κ3) is 6.45. The lowest BCUT2D eigenvalue weighted by molar-refractivity contribution is -0.144. The van der Waals surface area contributed by atoms with Crippen LogP contribution < -0.4 is 5.32 Å². The number of hydrogen-bond acceptors (Lipinski definition) is 6. The first-order valence-electron chi connectivity index (χ1n) is 12.0. The number of nitrogens with one attached hydrogen (secondary N) is 1. The van der Waals surface area contributed by atoms with Gasteiger partial charge in [-0.1, -0.05) is 30.3 Å². The SMILES string of the molecule is O=C(NC1CCCN(CC(=O)N2CCCC2CN2CCOCC2)C1=O)OCc1ccccc1. The number of carbonyl (C=O) groups is 3. The van der Waals surface area contributed by atoms with Crippen molar-refractivity contribution in [1.82, 2.24) is 20.0 Å². The maximum atomic E-state index is 13.1. The van der Waals surface area contributed by atoms with Crippen LogP contribution in [0.4, 0.5) is 4.79 Å². The second kappa shape index (κ2) is 11.5. The van der Waals surface area contributed by atoms with E-state index < -0.39 is 12.1 Å². The van der Waals surface area contributed by atoms with Crippen molar-refractivity contribution in [3.63, 3.8) is 0 Å². The Morgan fingerprint density at radius 1 is 1.03 bits per heavy atom. The quantitative estimate of drug-likeness (QED) is 0.661. The van der Waals surface area contributed by atoms with Gasteiger partial charge in [-0.2, -0.15) is 0 Å². The Balaban J connectivity index is 1.25. The molecule has 3 saturated heterocycles. The van der Waals surface area contributed by atoms with Gasteiger partial charge in [-0.15, -0.1) is 0 Å². The predicted molar refractivity (Wildman–Crippen MR) is 121 cm³/mol. The highest BCUT2D eigenvalue weighted by molar-refractivity contribution is 5.90. The molecule has 0 radical (unpaired) electrons. The minimum atomic E-state index is -0.655. The molecule has 0 bridgehead atoms. The fraction of sp³-hybridized carbons (Fsp3) is 0.625. The fourth-order valence-corrected chi connectivity index (χ4v) is 4.83. The van der Waals surface area contributed by atoms with Crippen molar-refractivity contribution < 1.29 is 23.9 Å². The summed E-state index contributed by atoms with van der Waals surface area (Å²) in [6, 6.07) is 8.93. The summed E-state index contributed by atoms with van der Waals surface area (Å²) in [6.45, 7) is 5.63. The molecule has 0 aliphatic carbocycles. The minimum absolute atomic E-state index is 0.00795. The molecule has 3 aliphatic heterocycles. The van der Waals surface area contributed by atoms with Crippen LogP contribution in [-0.4, -0.2) is 97.2 Å². The van der Waals surface area contributed by atoms with Gasteiger partial charge in [0, 0.05) is 38.8 Å². The molecule has 3 heterocycles. The van der Waals surface area contributed by atoms with Gasteiger partial charge in [0.1, 0.15) is 12.6 Å². The molecular formula is C24H34N4O5. The molecule has 4 rings (SSSR count). The Morgan fingerprint density at radius 3 is 2.58 bits per heavy atom. The van der Waals surface area contributed by atoms with Crippen LogP contribution in [0, 0.1) is 0 Å². The van der Waals surface area contributed by atoms with Crippen LogP contribution in [-0.2, 0) is 25.7 Å². The molecular weight excluding hydrogens is 424 g/mol. The second-order valence-corrected chi connectivity index (χ2v) is 8.96. The molecule has 3 aliphatic rings. The molecule has 0 saturated carbocycles. The largest absolute Gasteiger partial charge is 0.445 e. The first-order chi connectivity index (χ1) is 16.1. The number of alkyl carbamates (subject to hydrolysis) is 1. The summed E-state index contributed by atoms with van der Waals surface area (Å²) >= 11 is 0. The van der Waals surface area contributed by atoms with Gasteiger partial charge >= 0.3 is 6.09 Å². The average molecular weight is 459 g/mol. The van der Waals surface area contributed by atoms with Crippen LogP contribution in [0.5, 0.6) is 0 Å². The number of rotatable bonds is 7. The summed E-state index contributed by atoms with van der Waals surface area (Å²) in [7, 11) is 0. The summed E-state index contributed by atoms with van der Waals surface area (Å²) in [6.07, 6.45) is 2.66. The number of piperidine rings is 1. The molecule has 33 heavy (non-hydrogen) atoms. The smallest absolute Gasteiger partial charge is 0.408 e. The molecule has 9 nitrogen and oxygen atoms in total. The summed E-state index contributed by atoms with van der Waals surface area (Å²) < 4.78 is 10.7. The van der Waals surface area contributed by atoms with E-state index >= 15 is 0 Å². The van der Waals surface area contributed by atoms with E-state index in [2.05, 4.69) is 10.2 Å². The number of nitrogens with zero attached hydrogens (tertiary/aromatic N) is 3. The standard InChI is InChI=1S/C24H34N4O5/c29-22(28-11-4-8-20(28)16-26-12-14-32-15-13-26)17-27-10-5-9-21(23(27)30)25-24(31)33-18-19-6-2-1-3-7-19/h1-3,6-7,20-21H,4-5,8-18H2,(H,25,31). The van der Waals surface area contributed by atoms with Gasteiger partial charge in [0.15, 0.2) is 0 Å². The molecule has 2 unspecified atom stereocenters. The summed E-state index contributed by atoms with van der Waals surface area (Å²) in [5.41, 5.74) is 0.882. The van der Waals surface area contributed by atoms with Crippen molar-refractivity contribution >= 4 is 17.9 Å². The van der Waals surface area contributed by atoms with Gasteiger partial charge in [-0.05, 0) is 31.2 Å². The van der Waals surface area contributed by atoms with Crippen LogP contribution in [0.15, 0.2) is 30.3 Å². The zero-order valence-corrected chi connectivity index (χ0v) is 19.1. The number of ether oxygens (including phenoxy) is 2. The maximum Gasteiger partial charge on any atom is 0.408 e. The highest BCUT2D eigenvalue weighted by Crippen LogP contribution is 2.20. The van der Waals surface area contributed by atoms with Crippen molar-refractivity contribution in [3.8, 4) is 0 Å².